The van der Waals surface area contributed by atoms with E-state index >= 15 is 0 Å². The van der Waals surface area contributed by atoms with Crippen LogP contribution in [-0.4, -0.2) is 50.2 Å². The molecule has 2 rings (SSSR count). The summed E-state index contributed by atoms with van der Waals surface area (Å²) in [4.78, 5) is 46.2. The molecular weight excluding hydrogens is 332 g/mol. The van der Waals surface area contributed by atoms with Crippen LogP contribution in [0.15, 0.2) is 0 Å². The molecule has 1 unspecified atom stereocenters. The van der Waals surface area contributed by atoms with Crippen molar-refractivity contribution in [3.05, 3.63) is 0 Å². The summed E-state index contributed by atoms with van der Waals surface area (Å²) in [5.41, 5.74) is 1.55. The number of hydrogen-bond acceptors (Lipinski definition) is 5. The Morgan fingerprint density at radius 2 is 1.83 bits per heavy atom. The molecular formula is C13H19ClN2O7. The molecule has 6 N–H and O–H groups in total. The minimum Gasteiger partial charge on any atom is -0.481 e. The van der Waals surface area contributed by atoms with Gasteiger partial charge in [-0.15, -0.1) is 12.4 Å². The van der Waals surface area contributed by atoms with Crippen molar-refractivity contribution < 1.29 is 34.5 Å². The van der Waals surface area contributed by atoms with Gasteiger partial charge in [-0.2, -0.15) is 0 Å². The van der Waals surface area contributed by atoms with Crippen molar-refractivity contribution in [3.63, 3.8) is 0 Å². The van der Waals surface area contributed by atoms with Crippen LogP contribution in [0.4, 0.5) is 0 Å². The Bertz CT molecular complexity index is 569. The number of carbonyl (C=O) groups excluding carboxylic acids is 1. The summed E-state index contributed by atoms with van der Waals surface area (Å²) in [6.45, 7) is 1.40. The number of nitrogens with one attached hydrogen (secondary N) is 1. The number of hydrogen-bond donors (Lipinski definition) is 5. The smallest absolute Gasteiger partial charge is 0.333 e. The van der Waals surface area contributed by atoms with E-state index in [4.69, 9.17) is 15.9 Å². The number of halogens is 1. The summed E-state index contributed by atoms with van der Waals surface area (Å²) in [5.74, 6) is -7.02. The average Bonchev–Trinajstić information content (AvgIpc) is 3.06. The molecule has 2 saturated carbocycles. The Balaban J connectivity index is 0.00000264. The second kappa shape index (κ2) is 5.97. The van der Waals surface area contributed by atoms with E-state index in [1.807, 2.05) is 0 Å². The third kappa shape index (κ3) is 2.63. The number of fused-ring (bicyclic) bond motifs is 1. The number of amides is 1. The van der Waals surface area contributed by atoms with Gasteiger partial charge in [0.15, 0.2) is 5.54 Å². The standard InChI is InChI=1S/C13H18N2O7.ClH/c1-2-12(14,10(19)20)9(18)15-13(11(21)22)4-3-5-6(7(5)13)8(16)17;/h5-7H,2-4,14H2,1H3,(H,15,18)(H,16,17)(H,19,20)(H,21,22);1H/t5-,6-,7-,12?,13-;/m0./s1. The first-order valence-corrected chi connectivity index (χ1v) is 6.93. The van der Waals surface area contributed by atoms with Crippen molar-refractivity contribution in [2.45, 2.75) is 37.3 Å². The largest absolute Gasteiger partial charge is 0.481 e. The summed E-state index contributed by atoms with van der Waals surface area (Å²) >= 11 is 0. The van der Waals surface area contributed by atoms with Gasteiger partial charge in [-0.05, 0) is 25.2 Å². The van der Waals surface area contributed by atoms with Crippen LogP contribution < -0.4 is 11.1 Å². The van der Waals surface area contributed by atoms with Crippen LogP contribution in [0.5, 0.6) is 0 Å². The quantitative estimate of drug-likeness (QED) is 0.391. The molecule has 5 atom stereocenters. The highest BCUT2D eigenvalue weighted by atomic mass is 35.5. The predicted molar refractivity (Wildman–Crippen MR) is 77.9 cm³/mol. The summed E-state index contributed by atoms with van der Waals surface area (Å²) < 4.78 is 0. The fourth-order valence-electron chi connectivity index (χ4n) is 3.47. The van der Waals surface area contributed by atoms with E-state index in [1.165, 1.54) is 6.92 Å². The third-order valence-corrected chi connectivity index (χ3v) is 4.96. The van der Waals surface area contributed by atoms with E-state index in [0.29, 0.717) is 6.42 Å². The minimum absolute atomic E-state index is 0. The molecule has 0 saturated heterocycles. The first kappa shape index (κ1) is 19.2. The highest BCUT2D eigenvalue weighted by Gasteiger charge is 2.72. The Labute approximate surface area is 137 Å². The molecule has 0 bridgehead atoms. The summed E-state index contributed by atoms with van der Waals surface area (Å²) in [5, 5.41) is 29.9. The first-order valence-electron chi connectivity index (χ1n) is 6.93. The zero-order valence-electron chi connectivity index (χ0n) is 12.3. The maximum atomic E-state index is 12.2. The van der Waals surface area contributed by atoms with Crippen molar-refractivity contribution >= 4 is 36.2 Å². The minimum atomic E-state index is -2.24. The molecule has 0 aromatic rings. The van der Waals surface area contributed by atoms with Crippen molar-refractivity contribution in [2.75, 3.05) is 0 Å². The van der Waals surface area contributed by atoms with Gasteiger partial charge < -0.3 is 26.4 Å². The Morgan fingerprint density at radius 1 is 1.26 bits per heavy atom. The SMILES string of the molecule is CCC(N)(C(=O)O)C(=O)N[C@@]1(C(=O)O)CC[C@H]2[C@H](C(=O)O)[C@H]21.Cl. The molecule has 0 aromatic carbocycles. The molecule has 130 valence electrons. The van der Waals surface area contributed by atoms with Gasteiger partial charge in [0.05, 0.1) is 5.92 Å². The predicted octanol–water partition coefficient (Wildman–Crippen LogP) is -0.719. The summed E-state index contributed by atoms with van der Waals surface area (Å²) in [6.07, 6.45) is 0.192. The lowest BCUT2D eigenvalue weighted by molar-refractivity contribution is -0.155. The van der Waals surface area contributed by atoms with Crippen LogP contribution in [0, 0.1) is 17.8 Å². The van der Waals surface area contributed by atoms with Crippen LogP contribution in [0.2, 0.25) is 0 Å². The number of aliphatic carboxylic acids is 3. The van der Waals surface area contributed by atoms with Gasteiger partial charge >= 0.3 is 17.9 Å². The van der Waals surface area contributed by atoms with Crippen molar-refractivity contribution in [2.24, 2.45) is 23.5 Å². The van der Waals surface area contributed by atoms with Gasteiger partial charge in [0.2, 0.25) is 0 Å². The van der Waals surface area contributed by atoms with E-state index in [9.17, 15) is 24.3 Å². The lowest BCUT2D eigenvalue weighted by atomic mass is 9.87. The molecule has 2 aliphatic rings. The second-order valence-electron chi connectivity index (χ2n) is 5.95. The third-order valence-electron chi connectivity index (χ3n) is 4.96. The molecule has 10 heteroatoms. The molecule has 0 spiro atoms. The zero-order chi connectivity index (χ0) is 16.9. The van der Waals surface area contributed by atoms with Gasteiger partial charge in [0.25, 0.3) is 5.91 Å². The number of carboxylic acid groups (broad SMARTS) is 3. The monoisotopic (exact) mass is 350 g/mol. The zero-order valence-corrected chi connectivity index (χ0v) is 13.1. The fraction of sp³-hybridized carbons (Fsp3) is 0.692. The van der Waals surface area contributed by atoms with Gasteiger partial charge in [-0.1, -0.05) is 6.92 Å². The molecule has 0 aliphatic heterocycles. The molecule has 2 fully saturated rings. The van der Waals surface area contributed by atoms with E-state index < -0.39 is 46.7 Å². The van der Waals surface area contributed by atoms with Gasteiger partial charge in [0.1, 0.15) is 5.54 Å². The van der Waals surface area contributed by atoms with Crippen molar-refractivity contribution in [3.8, 4) is 0 Å². The molecule has 2 aliphatic carbocycles. The lowest BCUT2D eigenvalue weighted by Crippen LogP contribution is -2.66. The Hall–Kier alpha value is -1.87. The van der Waals surface area contributed by atoms with Gasteiger partial charge in [0, 0.05) is 5.92 Å². The molecule has 9 nitrogen and oxygen atoms in total. The fourth-order valence-corrected chi connectivity index (χ4v) is 3.47. The molecule has 0 aromatic heterocycles. The highest BCUT2D eigenvalue weighted by molar-refractivity contribution is 6.08. The molecule has 0 heterocycles. The molecule has 1 amide bonds. The number of nitrogens with two attached hydrogens (primary N) is 1. The summed E-state index contributed by atoms with van der Waals surface area (Å²) in [6, 6.07) is 0. The van der Waals surface area contributed by atoms with Crippen LogP contribution in [-0.2, 0) is 19.2 Å². The summed E-state index contributed by atoms with van der Waals surface area (Å²) in [7, 11) is 0. The number of carboxylic acids is 3. The number of rotatable bonds is 6. The van der Waals surface area contributed by atoms with E-state index in [1.54, 1.807) is 0 Å². The van der Waals surface area contributed by atoms with Gasteiger partial charge in [-0.25, -0.2) is 9.59 Å². The van der Waals surface area contributed by atoms with Crippen LogP contribution in [0.3, 0.4) is 0 Å². The van der Waals surface area contributed by atoms with E-state index in [0.717, 1.165) is 0 Å². The van der Waals surface area contributed by atoms with Crippen molar-refractivity contribution in [1.82, 2.24) is 5.32 Å². The second-order valence-corrected chi connectivity index (χ2v) is 5.95. The van der Waals surface area contributed by atoms with E-state index in [-0.39, 0.29) is 31.2 Å². The Kier molecular flexibility index (Phi) is 4.98. The lowest BCUT2D eigenvalue weighted by Gasteiger charge is -2.32. The average molecular weight is 351 g/mol. The first-order chi connectivity index (χ1) is 10.1. The van der Waals surface area contributed by atoms with Crippen LogP contribution >= 0.6 is 12.4 Å². The molecule has 23 heavy (non-hydrogen) atoms. The molecule has 0 radical (unpaired) electrons. The highest BCUT2D eigenvalue weighted by Crippen LogP contribution is 2.62. The topological polar surface area (TPSA) is 167 Å². The number of carbonyl (C=O) groups is 4. The Morgan fingerprint density at radius 3 is 2.17 bits per heavy atom. The van der Waals surface area contributed by atoms with Gasteiger partial charge in [-0.3, -0.25) is 9.59 Å². The van der Waals surface area contributed by atoms with Crippen LogP contribution in [0.1, 0.15) is 26.2 Å². The maximum Gasteiger partial charge on any atom is 0.333 e. The van der Waals surface area contributed by atoms with Crippen LogP contribution in [0.25, 0.3) is 0 Å². The van der Waals surface area contributed by atoms with Crippen molar-refractivity contribution in [1.29, 1.82) is 0 Å². The van der Waals surface area contributed by atoms with E-state index in [2.05, 4.69) is 5.32 Å². The maximum absolute atomic E-state index is 12.2. The normalized spacial score (nSPS) is 33.6.